The van der Waals surface area contributed by atoms with Crippen LogP contribution >= 0.6 is 0 Å². The van der Waals surface area contributed by atoms with Crippen LogP contribution in [0.3, 0.4) is 0 Å². The summed E-state index contributed by atoms with van der Waals surface area (Å²) < 4.78 is 36.0. The Morgan fingerprint density at radius 2 is 1.76 bits per heavy atom. The van der Waals surface area contributed by atoms with Gasteiger partial charge in [0.1, 0.15) is 24.0 Å². The maximum atomic E-state index is 13.2. The van der Waals surface area contributed by atoms with Crippen molar-refractivity contribution < 1.29 is 27.8 Å². The molecular formula is C14H23F2NO4. The first-order chi connectivity index (χ1) is 9.62. The summed E-state index contributed by atoms with van der Waals surface area (Å²) in [5.74, 6) is -0.965. The SMILES string of the molecule is COC(=O)C(CC1CC(F)C(F)C1)NC(=O)OC(C)(C)C. The van der Waals surface area contributed by atoms with Crippen molar-refractivity contribution in [3.63, 3.8) is 0 Å². The number of alkyl carbamates (subject to hydrolysis) is 1. The molecular weight excluding hydrogens is 284 g/mol. The fourth-order valence-corrected chi connectivity index (χ4v) is 2.36. The number of esters is 1. The van der Waals surface area contributed by atoms with E-state index in [0.717, 1.165) is 0 Å². The summed E-state index contributed by atoms with van der Waals surface area (Å²) in [6.45, 7) is 5.08. The lowest BCUT2D eigenvalue weighted by Crippen LogP contribution is -2.44. The Morgan fingerprint density at radius 3 is 2.19 bits per heavy atom. The van der Waals surface area contributed by atoms with E-state index in [9.17, 15) is 18.4 Å². The Kier molecular flexibility index (Phi) is 5.92. The predicted molar refractivity (Wildman–Crippen MR) is 72.3 cm³/mol. The molecule has 0 heterocycles. The Balaban J connectivity index is 2.60. The zero-order valence-electron chi connectivity index (χ0n) is 12.8. The van der Waals surface area contributed by atoms with Crippen molar-refractivity contribution in [2.75, 3.05) is 7.11 Å². The first-order valence-corrected chi connectivity index (χ1v) is 6.98. The number of ether oxygens (including phenoxy) is 2. The minimum Gasteiger partial charge on any atom is -0.467 e. The number of methoxy groups -OCH3 is 1. The molecule has 7 heteroatoms. The molecule has 5 nitrogen and oxygen atoms in total. The summed E-state index contributed by atoms with van der Waals surface area (Å²) in [5, 5.41) is 2.40. The van der Waals surface area contributed by atoms with Crippen molar-refractivity contribution in [3.05, 3.63) is 0 Å². The minimum atomic E-state index is -1.50. The molecule has 1 aliphatic carbocycles. The van der Waals surface area contributed by atoms with Crippen LogP contribution in [-0.2, 0) is 14.3 Å². The Bertz CT molecular complexity index is 374. The van der Waals surface area contributed by atoms with E-state index in [0.29, 0.717) is 0 Å². The van der Waals surface area contributed by atoms with E-state index >= 15 is 0 Å². The molecule has 0 spiro atoms. The molecule has 0 aromatic heterocycles. The predicted octanol–water partition coefficient (Wildman–Crippen LogP) is 2.53. The average Bonchev–Trinajstić information content (AvgIpc) is 2.64. The zero-order valence-corrected chi connectivity index (χ0v) is 12.8. The van der Waals surface area contributed by atoms with Crippen molar-refractivity contribution in [2.24, 2.45) is 5.92 Å². The Morgan fingerprint density at radius 1 is 1.24 bits per heavy atom. The van der Waals surface area contributed by atoms with Crippen molar-refractivity contribution in [2.45, 2.75) is 64.0 Å². The lowest BCUT2D eigenvalue weighted by molar-refractivity contribution is -0.143. The molecule has 1 rings (SSSR count). The van der Waals surface area contributed by atoms with Crippen LogP contribution < -0.4 is 5.32 Å². The van der Waals surface area contributed by atoms with Gasteiger partial charge in [-0.25, -0.2) is 18.4 Å². The van der Waals surface area contributed by atoms with Crippen molar-refractivity contribution in [1.29, 1.82) is 0 Å². The molecule has 0 aromatic carbocycles. The van der Waals surface area contributed by atoms with Gasteiger partial charge in [0, 0.05) is 0 Å². The average molecular weight is 307 g/mol. The molecule has 0 radical (unpaired) electrons. The number of hydrogen-bond donors (Lipinski definition) is 1. The molecule has 0 aliphatic heterocycles. The van der Waals surface area contributed by atoms with Gasteiger partial charge in [-0.15, -0.1) is 0 Å². The topological polar surface area (TPSA) is 64.6 Å². The van der Waals surface area contributed by atoms with Gasteiger partial charge in [-0.05, 0) is 46.0 Å². The first kappa shape index (κ1) is 17.7. The Labute approximate surface area is 123 Å². The number of nitrogens with one attached hydrogen (secondary N) is 1. The van der Waals surface area contributed by atoms with Crippen LogP contribution in [0.15, 0.2) is 0 Å². The molecule has 1 N–H and O–H groups in total. The van der Waals surface area contributed by atoms with Gasteiger partial charge in [0.2, 0.25) is 0 Å². The molecule has 0 saturated heterocycles. The largest absolute Gasteiger partial charge is 0.467 e. The number of hydrogen-bond acceptors (Lipinski definition) is 4. The molecule has 1 aliphatic rings. The van der Waals surface area contributed by atoms with Crippen molar-refractivity contribution in [1.82, 2.24) is 5.32 Å². The quantitative estimate of drug-likeness (QED) is 0.811. The summed E-state index contributed by atoms with van der Waals surface area (Å²) in [7, 11) is 1.19. The maximum absolute atomic E-state index is 13.2. The zero-order chi connectivity index (χ0) is 16.2. The van der Waals surface area contributed by atoms with Gasteiger partial charge in [0.25, 0.3) is 0 Å². The van der Waals surface area contributed by atoms with Crippen LogP contribution in [0.4, 0.5) is 13.6 Å². The van der Waals surface area contributed by atoms with Crippen molar-refractivity contribution in [3.8, 4) is 0 Å². The highest BCUT2D eigenvalue weighted by Crippen LogP contribution is 2.33. The van der Waals surface area contributed by atoms with E-state index in [4.69, 9.17) is 4.74 Å². The fourth-order valence-electron chi connectivity index (χ4n) is 2.36. The van der Waals surface area contributed by atoms with Crippen LogP contribution in [0.5, 0.6) is 0 Å². The van der Waals surface area contributed by atoms with E-state index in [-0.39, 0.29) is 25.2 Å². The van der Waals surface area contributed by atoms with E-state index in [1.165, 1.54) is 7.11 Å². The van der Waals surface area contributed by atoms with Crippen LogP contribution in [0.25, 0.3) is 0 Å². The maximum Gasteiger partial charge on any atom is 0.408 e. The monoisotopic (exact) mass is 307 g/mol. The first-order valence-electron chi connectivity index (χ1n) is 6.98. The summed E-state index contributed by atoms with van der Waals surface area (Å²) in [5.41, 5.74) is -0.702. The molecule has 122 valence electrons. The summed E-state index contributed by atoms with van der Waals surface area (Å²) in [6.07, 6.45) is -3.55. The number of carbonyl (C=O) groups excluding carboxylic acids is 2. The molecule has 0 bridgehead atoms. The highest BCUT2D eigenvalue weighted by Gasteiger charge is 2.37. The Hall–Kier alpha value is -1.40. The van der Waals surface area contributed by atoms with Gasteiger partial charge in [-0.1, -0.05) is 0 Å². The third kappa shape index (κ3) is 5.85. The summed E-state index contributed by atoms with van der Waals surface area (Å²) >= 11 is 0. The molecule has 1 fully saturated rings. The number of rotatable bonds is 4. The van der Waals surface area contributed by atoms with Gasteiger partial charge in [0.05, 0.1) is 7.11 Å². The van der Waals surface area contributed by atoms with Gasteiger partial charge < -0.3 is 14.8 Å². The normalized spacial score (nSPS) is 27.0. The van der Waals surface area contributed by atoms with E-state index < -0.39 is 36.0 Å². The third-order valence-corrected chi connectivity index (χ3v) is 3.26. The summed E-state index contributed by atoms with van der Waals surface area (Å²) in [4.78, 5) is 23.4. The number of carbonyl (C=O) groups is 2. The molecule has 3 atom stereocenters. The molecule has 1 amide bonds. The van der Waals surface area contributed by atoms with Crippen LogP contribution in [0, 0.1) is 5.92 Å². The minimum absolute atomic E-state index is 0.0463. The van der Waals surface area contributed by atoms with Gasteiger partial charge >= 0.3 is 12.1 Å². The fraction of sp³-hybridized carbons (Fsp3) is 0.857. The molecule has 0 aromatic rings. The highest BCUT2D eigenvalue weighted by molar-refractivity contribution is 5.81. The molecule has 1 saturated carbocycles. The lowest BCUT2D eigenvalue weighted by atomic mass is 9.98. The number of halogens is 2. The standard InChI is InChI=1S/C14H23F2NO4/c1-14(2,3)21-13(19)17-11(12(18)20-4)7-8-5-9(15)10(16)6-8/h8-11H,5-7H2,1-4H3,(H,17,19). The van der Waals surface area contributed by atoms with Crippen LogP contribution in [0.1, 0.15) is 40.0 Å². The number of amides is 1. The highest BCUT2D eigenvalue weighted by atomic mass is 19.2. The van der Waals surface area contributed by atoms with Crippen LogP contribution in [-0.4, -0.2) is 43.2 Å². The van der Waals surface area contributed by atoms with Gasteiger partial charge in [-0.2, -0.15) is 0 Å². The number of alkyl halides is 2. The molecule has 21 heavy (non-hydrogen) atoms. The van der Waals surface area contributed by atoms with E-state index in [2.05, 4.69) is 10.1 Å². The third-order valence-electron chi connectivity index (χ3n) is 3.26. The second-order valence-corrected chi connectivity index (χ2v) is 6.33. The van der Waals surface area contributed by atoms with E-state index in [1.54, 1.807) is 20.8 Å². The van der Waals surface area contributed by atoms with Gasteiger partial charge in [0.15, 0.2) is 0 Å². The molecule has 3 unspecified atom stereocenters. The van der Waals surface area contributed by atoms with Crippen LogP contribution in [0.2, 0.25) is 0 Å². The second-order valence-electron chi connectivity index (χ2n) is 6.33. The van der Waals surface area contributed by atoms with Crippen molar-refractivity contribution >= 4 is 12.1 Å². The lowest BCUT2D eigenvalue weighted by Gasteiger charge is -2.23. The van der Waals surface area contributed by atoms with E-state index in [1.807, 2.05) is 0 Å². The smallest absolute Gasteiger partial charge is 0.408 e. The van der Waals surface area contributed by atoms with Gasteiger partial charge in [-0.3, -0.25) is 0 Å². The second kappa shape index (κ2) is 7.04. The summed E-state index contributed by atoms with van der Waals surface area (Å²) in [6, 6.07) is -0.965.